The second-order valence-corrected chi connectivity index (χ2v) is 5.02. The number of hydrogen-bond donors (Lipinski definition) is 2. The zero-order valence-corrected chi connectivity index (χ0v) is 8.80. The van der Waals surface area contributed by atoms with Crippen molar-refractivity contribution in [2.45, 2.75) is 0 Å². The van der Waals surface area contributed by atoms with Gasteiger partial charge in [0.05, 0.1) is 0 Å². The zero-order valence-electron chi connectivity index (χ0n) is 7.17. The van der Waals surface area contributed by atoms with E-state index in [1.807, 2.05) is 11.8 Å². The van der Waals surface area contributed by atoms with Crippen LogP contribution in [0.5, 0.6) is 0 Å². The average molecular weight is 254 g/mol. The highest BCUT2D eigenvalue weighted by Crippen LogP contribution is 1.79. The molecule has 0 unspecified atom stereocenters. The van der Waals surface area contributed by atoms with Crippen LogP contribution in [-0.4, -0.2) is 37.4 Å². The molecule has 0 bridgehead atoms. The summed E-state index contributed by atoms with van der Waals surface area (Å²) in [4.78, 5) is 0. The van der Waals surface area contributed by atoms with Gasteiger partial charge in [0.2, 0.25) is 0 Å². The fraction of sp³-hybridized carbons (Fsp3) is 0.333. The van der Waals surface area contributed by atoms with Gasteiger partial charge in [0, 0.05) is 0 Å². The first-order valence-electron chi connectivity index (χ1n) is 3.22. The largest absolute Gasteiger partial charge is 0.357 e. The number of rotatable bonds is 2. The topological polar surface area (TPSA) is 118 Å². The SMILES string of the molecule is O=S(=O)(O)CC#COC#CCS(=O)(=O)O. The monoisotopic (exact) mass is 254 g/mol. The summed E-state index contributed by atoms with van der Waals surface area (Å²) in [6.07, 6.45) is 3.58. The smallest absolute Gasteiger partial charge is 0.276 e. The summed E-state index contributed by atoms with van der Waals surface area (Å²) in [5.41, 5.74) is 0. The number of hydrogen-bond acceptors (Lipinski definition) is 5. The van der Waals surface area contributed by atoms with Gasteiger partial charge in [-0.1, -0.05) is 0 Å². The molecule has 0 aromatic carbocycles. The van der Waals surface area contributed by atoms with Crippen molar-refractivity contribution in [3.05, 3.63) is 0 Å². The van der Waals surface area contributed by atoms with Gasteiger partial charge in [-0.2, -0.15) is 16.8 Å². The highest BCUT2D eigenvalue weighted by Gasteiger charge is 1.99. The van der Waals surface area contributed by atoms with Gasteiger partial charge in [0.25, 0.3) is 20.2 Å². The molecule has 84 valence electrons. The first-order chi connectivity index (χ1) is 6.71. The molecule has 0 amide bonds. The van der Waals surface area contributed by atoms with Gasteiger partial charge in [0.1, 0.15) is 23.7 Å². The van der Waals surface area contributed by atoms with Crippen LogP contribution in [0.1, 0.15) is 0 Å². The second kappa shape index (κ2) is 5.58. The summed E-state index contributed by atoms with van der Waals surface area (Å²) in [6.45, 7) is 0. The Morgan fingerprint density at radius 2 is 1.20 bits per heavy atom. The Morgan fingerprint density at radius 1 is 0.867 bits per heavy atom. The van der Waals surface area contributed by atoms with Gasteiger partial charge in [-0.05, 0) is 11.8 Å². The van der Waals surface area contributed by atoms with E-state index >= 15 is 0 Å². The van der Waals surface area contributed by atoms with Gasteiger partial charge in [-0.15, -0.1) is 0 Å². The lowest BCUT2D eigenvalue weighted by Crippen LogP contribution is -2.01. The Hall–Kier alpha value is -1.26. The van der Waals surface area contributed by atoms with Crippen LogP contribution in [0.2, 0.25) is 0 Å². The van der Waals surface area contributed by atoms with Crippen LogP contribution in [0.25, 0.3) is 0 Å². The molecule has 0 rings (SSSR count). The summed E-state index contributed by atoms with van der Waals surface area (Å²) >= 11 is 0. The Balaban J connectivity index is 4.00. The van der Waals surface area contributed by atoms with Crippen molar-refractivity contribution < 1.29 is 30.7 Å². The Bertz CT molecular complexity index is 470. The van der Waals surface area contributed by atoms with Crippen LogP contribution >= 0.6 is 0 Å². The van der Waals surface area contributed by atoms with E-state index in [9.17, 15) is 16.8 Å². The predicted octanol–water partition coefficient (Wildman–Crippen LogP) is -1.30. The lowest BCUT2D eigenvalue weighted by atomic mass is 10.8. The highest BCUT2D eigenvalue weighted by molar-refractivity contribution is 7.86. The average Bonchev–Trinajstić information content (AvgIpc) is 1.98. The van der Waals surface area contributed by atoms with Crippen LogP contribution in [0.4, 0.5) is 0 Å². The van der Waals surface area contributed by atoms with Gasteiger partial charge in [0.15, 0.2) is 0 Å². The molecule has 15 heavy (non-hydrogen) atoms. The van der Waals surface area contributed by atoms with Crippen molar-refractivity contribution in [2.75, 3.05) is 11.5 Å². The normalized spacial score (nSPS) is 10.5. The maximum Gasteiger partial charge on any atom is 0.276 e. The summed E-state index contributed by atoms with van der Waals surface area (Å²) in [7, 11) is -8.36. The minimum atomic E-state index is -4.18. The summed E-state index contributed by atoms with van der Waals surface area (Å²) in [5, 5.41) is 0. The minimum Gasteiger partial charge on any atom is -0.357 e. The molecule has 0 heterocycles. The molecule has 0 saturated carbocycles. The molecule has 0 radical (unpaired) electrons. The van der Waals surface area contributed by atoms with E-state index < -0.39 is 31.7 Å². The van der Waals surface area contributed by atoms with E-state index in [0.717, 1.165) is 0 Å². The Kier molecular flexibility index (Phi) is 5.11. The molecular weight excluding hydrogens is 248 g/mol. The zero-order chi connectivity index (χ0) is 11.9. The maximum atomic E-state index is 10.1. The molecule has 2 N–H and O–H groups in total. The molecule has 7 nitrogen and oxygen atoms in total. The van der Waals surface area contributed by atoms with Crippen LogP contribution in [0, 0.1) is 24.1 Å². The van der Waals surface area contributed by atoms with Gasteiger partial charge in [-0.3, -0.25) is 9.11 Å². The quantitative estimate of drug-likeness (QED) is 0.464. The maximum absolute atomic E-state index is 10.1. The molecule has 0 aliphatic carbocycles. The van der Waals surface area contributed by atoms with Crippen molar-refractivity contribution in [3.8, 4) is 24.1 Å². The van der Waals surface area contributed by atoms with E-state index in [1.54, 1.807) is 12.2 Å². The fourth-order valence-corrected chi connectivity index (χ4v) is 0.822. The summed E-state index contributed by atoms with van der Waals surface area (Å²) in [6, 6.07) is 0. The molecule has 0 aliphatic rings. The van der Waals surface area contributed by atoms with Crippen LogP contribution < -0.4 is 0 Å². The van der Waals surface area contributed by atoms with Crippen molar-refractivity contribution in [1.82, 2.24) is 0 Å². The van der Waals surface area contributed by atoms with Crippen LogP contribution in [0.3, 0.4) is 0 Å². The Morgan fingerprint density at radius 3 is 1.47 bits per heavy atom. The predicted molar refractivity (Wildman–Crippen MR) is 49.5 cm³/mol. The van der Waals surface area contributed by atoms with Crippen LogP contribution in [0.15, 0.2) is 0 Å². The molecule has 0 atom stereocenters. The third-order valence-electron chi connectivity index (χ3n) is 0.756. The van der Waals surface area contributed by atoms with E-state index in [2.05, 4.69) is 4.74 Å². The number of ether oxygens (including phenoxy) is 1. The highest BCUT2D eigenvalue weighted by atomic mass is 32.2. The molecule has 0 aromatic heterocycles. The third-order valence-corrected chi connectivity index (χ3v) is 1.77. The first kappa shape index (κ1) is 13.7. The van der Waals surface area contributed by atoms with Gasteiger partial charge >= 0.3 is 0 Å². The van der Waals surface area contributed by atoms with Gasteiger partial charge in [-0.25, -0.2) is 0 Å². The molecule has 0 aromatic rings. The lowest BCUT2D eigenvalue weighted by molar-refractivity contribution is 0.474. The van der Waals surface area contributed by atoms with E-state index in [1.165, 1.54) is 0 Å². The minimum absolute atomic E-state index is 0.813. The fourth-order valence-electron chi connectivity index (χ4n) is 0.339. The first-order valence-corrected chi connectivity index (χ1v) is 6.44. The summed E-state index contributed by atoms with van der Waals surface area (Å²) in [5.74, 6) is 2.17. The Labute approximate surface area is 86.9 Å². The second-order valence-electron chi connectivity index (χ2n) is 2.11. The van der Waals surface area contributed by atoms with Crippen LogP contribution in [-0.2, 0) is 25.0 Å². The van der Waals surface area contributed by atoms with Gasteiger partial charge < -0.3 is 4.74 Å². The van der Waals surface area contributed by atoms with E-state index in [4.69, 9.17) is 9.11 Å². The molecule has 0 saturated heterocycles. The molecular formula is C6H6O7S2. The van der Waals surface area contributed by atoms with Crippen molar-refractivity contribution in [1.29, 1.82) is 0 Å². The van der Waals surface area contributed by atoms with E-state index in [0.29, 0.717) is 0 Å². The standard InChI is InChI=1S/C6H6O7S2/c7-14(8,9)5-1-3-13-4-2-6-15(10,11)12/h5-6H2,(H,7,8,9)(H,10,11,12). The third kappa shape index (κ3) is 12.7. The van der Waals surface area contributed by atoms with Crippen molar-refractivity contribution >= 4 is 20.2 Å². The van der Waals surface area contributed by atoms with Crippen molar-refractivity contribution in [3.63, 3.8) is 0 Å². The molecule has 0 fully saturated rings. The summed E-state index contributed by atoms with van der Waals surface area (Å²) < 4.78 is 60.9. The van der Waals surface area contributed by atoms with Crippen molar-refractivity contribution in [2.24, 2.45) is 0 Å². The molecule has 9 heteroatoms. The molecule has 0 spiro atoms. The lowest BCUT2D eigenvalue weighted by Gasteiger charge is -1.83. The molecule has 0 aliphatic heterocycles. The van der Waals surface area contributed by atoms with E-state index in [-0.39, 0.29) is 0 Å².